The van der Waals surface area contributed by atoms with Gasteiger partial charge in [0, 0.05) is 34.4 Å². The van der Waals surface area contributed by atoms with E-state index in [1.54, 1.807) is 6.21 Å². The molecule has 1 aromatic heterocycles. The molecule has 0 radical (unpaired) electrons. The summed E-state index contributed by atoms with van der Waals surface area (Å²) in [4.78, 5) is 20.7. The average Bonchev–Trinajstić information content (AvgIpc) is 3.06. The molecule has 4 aromatic rings. The Bertz CT molecular complexity index is 1330. The van der Waals surface area contributed by atoms with Crippen molar-refractivity contribution in [3.8, 4) is 0 Å². The molecule has 1 heterocycles. The zero-order valence-corrected chi connectivity index (χ0v) is 16.0. The largest absolute Gasteiger partial charge is 0.341 e. The van der Waals surface area contributed by atoms with Crippen LogP contribution in [0.3, 0.4) is 0 Å². The highest BCUT2D eigenvalue weighted by Crippen LogP contribution is 2.30. The molecule has 0 amide bonds. The van der Waals surface area contributed by atoms with Gasteiger partial charge in [0.15, 0.2) is 0 Å². The van der Waals surface area contributed by atoms with Gasteiger partial charge in [0.25, 0.3) is 5.69 Å². The van der Waals surface area contributed by atoms with Gasteiger partial charge in [-0.2, -0.15) is 5.10 Å². The zero-order valence-electron chi connectivity index (χ0n) is 16.0. The van der Waals surface area contributed by atoms with Crippen molar-refractivity contribution >= 4 is 45.1 Å². The number of para-hydroxylation sites is 1. The number of aromatic nitrogens is 1. The fourth-order valence-electron chi connectivity index (χ4n) is 3.55. The molecular weight excluding hydrogens is 386 g/mol. The summed E-state index contributed by atoms with van der Waals surface area (Å²) in [6.07, 6.45) is 1.56. The number of nitrogens with zero attached hydrogens (tertiary/aromatic N) is 4. The zero-order chi connectivity index (χ0) is 21.3. The number of aryl methyl sites for hydroxylation is 1. The van der Waals surface area contributed by atoms with Crippen LogP contribution >= 0.6 is 0 Å². The minimum absolute atomic E-state index is 0.0745. The van der Waals surface area contributed by atoms with Crippen molar-refractivity contribution in [3.05, 3.63) is 86.5 Å². The molecule has 4 rings (SSSR count). The van der Waals surface area contributed by atoms with Crippen LogP contribution in [0.1, 0.15) is 12.5 Å². The van der Waals surface area contributed by atoms with Gasteiger partial charge in [-0.15, -0.1) is 0 Å². The van der Waals surface area contributed by atoms with Gasteiger partial charge in [-0.3, -0.25) is 25.7 Å². The van der Waals surface area contributed by atoms with Gasteiger partial charge in [-0.25, -0.2) is 0 Å². The quantitative estimate of drug-likeness (QED) is 0.274. The molecule has 3 aromatic carbocycles. The molecule has 0 saturated heterocycles. The summed E-state index contributed by atoms with van der Waals surface area (Å²) in [7, 11) is 0. The van der Waals surface area contributed by atoms with Gasteiger partial charge in [0.1, 0.15) is 5.69 Å². The van der Waals surface area contributed by atoms with E-state index in [4.69, 9.17) is 0 Å². The third-order valence-electron chi connectivity index (χ3n) is 4.90. The second-order valence-corrected chi connectivity index (χ2v) is 6.62. The van der Waals surface area contributed by atoms with Crippen molar-refractivity contribution in [2.24, 2.45) is 5.10 Å². The molecule has 150 valence electrons. The number of rotatable bonds is 6. The number of fused-ring (bicyclic) bond motifs is 3. The van der Waals surface area contributed by atoms with Crippen LogP contribution in [-0.4, -0.2) is 20.6 Å². The number of hydrazone groups is 1. The van der Waals surface area contributed by atoms with Crippen LogP contribution in [0.15, 0.2) is 65.8 Å². The molecule has 0 spiro atoms. The third-order valence-corrected chi connectivity index (χ3v) is 4.90. The number of nitro groups is 2. The average molecular weight is 403 g/mol. The number of nitro benzene ring substituents is 2. The van der Waals surface area contributed by atoms with E-state index < -0.39 is 15.5 Å². The summed E-state index contributed by atoms with van der Waals surface area (Å²) in [5.74, 6) is 0. The maximum absolute atomic E-state index is 11.2. The van der Waals surface area contributed by atoms with Crippen LogP contribution in [0.4, 0.5) is 17.1 Å². The molecule has 0 aliphatic heterocycles. The lowest BCUT2D eigenvalue weighted by Crippen LogP contribution is -1.98. The van der Waals surface area contributed by atoms with E-state index in [0.717, 1.165) is 40.0 Å². The summed E-state index contributed by atoms with van der Waals surface area (Å²) in [6.45, 7) is 2.95. The standard InChI is InChI=1S/C21H17N5O4/c1-2-24-19-6-4-3-5-16(19)17-11-14(7-10-20(17)24)13-22-23-18-9-8-15(25(27)28)12-21(18)26(29)30/h3-13,23H,2H2,1H3/b22-13+. The maximum atomic E-state index is 11.2. The van der Waals surface area contributed by atoms with Crippen LogP contribution in [0.25, 0.3) is 21.8 Å². The summed E-state index contributed by atoms with van der Waals surface area (Å²) in [6, 6.07) is 17.5. The molecule has 9 nitrogen and oxygen atoms in total. The normalized spacial score (nSPS) is 11.4. The summed E-state index contributed by atoms with van der Waals surface area (Å²) in [5.41, 5.74) is 5.01. The predicted molar refractivity (Wildman–Crippen MR) is 116 cm³/mol. The van der Waals surface area contributed by atoms with Gasteiger partial charge >= 0.3 is 5.69 Å². The first-order chi connectivity index (χ1) is 14.5. The minimum Gasteiger partial charge on any atom is -0.341 e. The molecule has 0 aliphatic carbocycles. The van der Waals surface area contributed by atoms with Crippen molar-refractivity contribution in [2.45, 2.75) is 13.5 Å². The SMILES string of the molecule is CCn1c2ccccc2c2cc(/C=N/Nc3ccc([N+](=O)[O-])cc3[N+](=O)[O-])ccc21. The Morgan fingerprint density at radius 3 is 2.47 bits per heavy atom. The summed E-state index contributed by atoms with van der Waals surface area (Å²) in [5, 5.41) is 28.4. The highest BCUT2D eigenvalue weighted by Gasteiger charge is 2.19. The first-order valence-electron chi connectivity index (χ1n) is 9.22. The molecular formula is C21H17N5O4. The maximum Gasteiger partial charge on any atom is 0.301 e. The van der Waals surface area contributed by atoms with Crippen LogP contribution in [0, 0.1) is 20.2 Å². The first-order valence-corrected chi connectivity index (χ1v) is 9.22. The number of non-ortho nitro benzene ring substituents is 1. The van der Waals surface area contributed by atoms with Gasteiger partial charge in [-0.05, 0) is 36.8 Å². The van der Waals surface area contributed by atoms with Gasteiger partial charge in [-0.1, -0.05) is 24.3 Å². The van der Waals surface area contributed by atoms with Gasteiger partial charge in [0.05, 0.1) is 22.1 Å². The fourth-order valence-corrected chi connectivity index (χ4v) is 3.55. The number of benzene rings is 3. The lowest BCUT2D eigenvalue weighted by atomic mass is 10.1. The third kappa shape index (κ3) is 3.32. The molecule has 0 saturated carbocycles. The van der Waals surface area contributed by atoms with Crippen LogP contribution in [-0.2, 0) is 6.54 Å². The predicted octanol–water partition coefficient (Wildman–Crippen LogP) is 5.08. The first kappa shape index (κ1) is 19.1. The molecule has 0 fully saturated rings. The van der Waals surface area contributed by atoms with Gasteiger partial charge in [0.2, 0.25) is 0 Å². The van der Waals surface area contributed by atoms with E-state index in [1.165, 1.54) is 12.1 Å². The highest BCUT2D eigenvalue weighted by atomic mass is 16.6. The monoisotopic (exact) mass is 403 g/mol. The second kappa shape index (κ2) is 7.63. The van der Waals surface area contributed by atoms with E-state index in [2.05, 4.69) is 34.2 Å². The second-order valence-electron chi connectivity index (χ2n) is 6.62. The Balaban J connectivity index is 1.66. The lowest BCUT2D eigenvalue weighted by Gasteiger charge is -2.03. The van der Waals surface area contributed by atoms with Crippen LogP contribution in [0.5, 0.6) is 0 Å². The molecule has 1 N–H and O–H groups in total. The number of anilines is 1. The Morgan fingerprint density at radius 1 is 0.967 bits per heavy atom. The van der Waals surface area contributed by atoms with E-state index >= 15 is 0 Å². The van der Waals surface area contributed by atoms with E-state index in [-0.39, 0.29) is 11.4 Å². The van der Waals surface area contributed by atoms with Crippen molar-refractivity contribution in [1.82, 2.24) is 4.57 Å². The minimum atomic E-state index is -0.684. The smallest absolute Gasteiger partial charge is 0.301 e. The molecule has 30 heavy (non-hydrogen) atoms. The Kier molecular flexibility index (Phi) is 4.85. The fraction of sp³-hybridized carbons (Fsp3) is 0.0952. The van der Waals surface area contributed by atoms with E-state index in [0.29, 0.717) is 0 Å². The van der Waals surface area contributed by atoms with Crippen molar-refractivity contribution in [3.63, 3.8) is 0 Å². The molecule has 0 aliphatic rings. The number of nitrogens with one attached hydrogen (secondary N) is 1. The van der Waals surface area contributed by atoms with Crippen LogP contribution < -0.4 is 5.43 Å². The molecule has 0 unspecified atom stereocenters. The van der Waals surface area contributed by atoms with Crippen LogP contribution in [0.2, 0.25) is 0 Å². The van der Waals surface area contributed by atoms with E-state index in [9.17, 15) is 20.2 Å². The summed E-state index contributed by atoms with van der Waals surface area (Å²) < 4.78 is 2.24. The Morgan fingerprint density at radius 2 is 1.73 bits per heavy atom. The van der Waals surface area contributed by atoms with Crippen molar-refractivity contribution in [1.29, 1.82) is 0 Å². The topological polar surface area (TPSA) is 116 Å². The molecule has 9 heteroatoms. The molecule has 0 atom stereocenters. The summed E-state index contributed by atoms with van der Waals surface area (Å²) >= 11 is 0. The van der Waals surface area contributed by atoms with E-state index in [1.807, 2.05) is 30.3 Å². The van der Waals surface area contributed by atoms with Crippen molar-refractivity contribution in [2.75, 3.05) is 5.43 Å². The number of hydrogen-bond donors (Lipinski definition) is 1. The Hall–Kier alpha value is -4.27. The number of hydrogen-bond acceptors (Lipinski definition) is 6. The lowest BCUT2D eigenvalue weighted by molar-refractivity contribution is -0.393. The Labute approximate surface area is 170 Å². The van der Waals surface area contributed by atoms with Crippen molar-refractivity contribution < 1.29 is 9.85 Å². The van der Waals surface area contributed by atoms with Gasteiger partial charge < -0.3 is 4.57 Å². The molecule has 0 bridgehead atoms. The highest BCUT2D eigenvalue weighted by molar-refractivity contribution is 6.09.